The van der Waals surface area contributed by atoms with Gasteiger partial charge in [-0.15, -0.1) is 0 Å². The van der Waals surface area contributed by atoms with Crippen LogP contribution in [0.1, 0.15) is 0 Å². The lowest BCUT2D eigenvalue weighted by molar-refractivity contribution is -0.129. The van der Waals surface area contributed by atoms with Crippen LogP contribution in [0, 0.1) is 0 Å². The Labute approximate surface area is 82.5 Å². The van der Waals surface area contributed by atoms with E-state index in [9.17, 15) is 4.79 Å². The number of allylic oxidation sites excluding steroid dienone is 3. The molecule has 0 radical (unpaired) electrons. The van der Waals surface area contributed by atoms with E-state index in [1.807, 2.05) is 12.2 Å². The second kappa shape index (κ2) is 4.41. The number of hydrogen-bond acceptors (Lipinski definition) is 3. The summed E-state index contributed by atoms with van der Waals surface area (Å²) in [6.45, 7) is 4.21. The minimum Gasteiger partial charge on any atom is -0.476 e. The third kappa shape index (κ3) is 2.58. The van der Waals surface area contributed by atoms with E-state index >= 15 is 0 Å². The SMILES string of the molecule is C=C1/C=C\C=C/CN(C)/N=C\1C(=O)O. The second-order valence-corrected chi connectivity index (χ2v) is 2.91. The molecule has 0 unspecified atom stereocenters. The molecule has 1 N–H and O–H groups in total. The van der Waals surface area contributed by atoms with Gasteiger partial charge in [0, 0.05) is 12.6 Å². The first kappa shape index (κ1) is 10.2. The number of carboxylic acids is 1. The summed E-state index contributed by atoms with van der Waals surface area (Å²) in [7, 11) is 1.71. The first-order valence-corrected chi connectivity index (χ1v) is 4.17. The van der Waals surface area contributed by atoms with Gasteiger partial charge in [-0.3, -0.25) is 5.01 Å². The van der Waals surface area contributed by atoms with Crippen LogP contribution < -0.4 is 0 Å². The molecule has 0 aromatic heterocycles. The van der Waals surface area contributed by atoms with Gasteiger partial charge in [-0.2, -0.15) is 5.10 Å². The maximum atomic E-state index is 10.8. The van der Waals surface area contributed by atoms with E-state index < -0.39 is 5.97 Å². The average Bonchev–Trinajstić information content (AvgIpc) is 2.18. The molecule has 0 bridgehead atoms. The molecule has 1 rings (SSSR count). The van der Waals surface area contributed by atoms with Crippen LogP contribution in [0.25, 0.3) is 0 Å². The molecule has 0 saturated heterocycles. The van der Waals surface area contributed by atoms with Gasteiger partial charge in [0.25, 0.3) is 0 Å². The molecule has 0 saturated carbocycles. The minimum absolute atomic E-state index is 0.0209. The highest BCUT2D eigenvalue weighted by Gasteiger charge is 2.12. The third-order valence-corrected chi connectivity index (χ3v) is 1.69. The summed E-state index contributed by atoms with van der Waals surface area (Å²) in [5.74, 6) is -1.06. The summed E-state index contributed by atoms with van der Waals surface area (Å²) >= 11 is 0. The van der Waals surface area contributed by atoms with Crippen molar-refractivity contribution in [1.82, 2.24) is 5.01 Å². The number of nitrogens with zero attached hydrogens (tertiary/aromatic N) is 2. The summed E-state index contributed by atoms with van der Waals surface area (Å²) in [4.78, 5) is 10.8. The van der Waals surface area contributed by atoms with Crippen molar-refractivity contribution in [3.63, 3.8) is 0 Å². The van der Waals surface area contributed by atoms with Crippen molar-refractivity contribution in [2.24, 2.45) is 5.10 Å². The molecule has 1 aliphatic rings. The summed E-state index contributed by atoms with van der Waals surface area (Å²) in [6, 6.07) is 0. The van der Waals surface area contributed by atoms with Crippen molar-refractivity contribution in [1.29, 1.82) is 0 Å². The summed E-state index contributed by atoms with van der Waals surface area (Å²) in [6.07, 6.45) is 7.10. The zero-order chi connectivity index (χ0) is 10.6. The molecule has 0 fully saturated rings. The van der Waals surface area contributed by atoms with Crippen molar-refractivity contribution in [3.05, 3.63) is 36.5 Å². The Morgan fingerprint density at radius 2 is 2.36 bits per heavy atom. The number of likely N-dealkylation sites (N-methyl/N-ethyl adjacent to an activating group) is 1. The highest BCUT2D eigenvalue weighted by atomic mass is 16.4. The Morgan fingerprint density at radius 3 is 3.00 bits per heavy atom. The fourth-order valence-electron chi connectivity index (χ4n) is 0.999. The monoisotopic (exact) mass is 192 g/mol. The van der Waals surface area contributed by atoms with E-state index in [4.69, 9.17) is 5.11 Å². The largest absolute Gasteiger partial charge is 0.476 e. The number of carboxylic acid groups (broad SMARTS) is 1. The molecule has 0 aliphatic carbocycles. The summed E-state index contributed by atoms with van der Waals surface area (Å²) in [5, 5.41) is 14.3. The van der Waals surface area contributed by atoms with Gasteiger partial charge in [-0.25, -0.2) is 4.79 Å². The first-order chi connectivity index (χ1) is 6.61. The smallest absolute Gasteiger partial charge is 0.356 e. The normalized spacial score (nSPS) is 25.4. The molecular formula is C10H12N2O2. The van der Waals surface area contributed by atoms with Gasteiger partial charge < -0.3 is 5.11 Å². The maximum absolute atomic E-state index is 10.8. The first-order valence-electron chi connectivity index (χ1n) is 4.17. The third-order valence-electron chi connectivity index (χ3n) is 1.69. The Balaban J connectivity index is 3.03. The fraction of sp³-hybridized carbons (Fsp3) is 0.200. The van der Waals surface area contributed by atoms with Crippen LogP contribution in [0.3, 0.4) is 0 Å². The van der Waals surface area contributed by atoms with E-state index in [1.165, 1.54) is 0 Å². The molecule has 74 valence electrons. The van der Waals surface area contributed by atoms with E-state index in [2.05, 4.69) is 11.7 Å². The van der Waals surface area contributed by atoms with Gasteiger partial charge in [0.2, 0.25) is 0 Å². The van der Waals surface area contributed by atoms with Crippen molar-refractivity contribution < 1.29 is 9.90 Å². The molecule has 1 aliphatic heterocycles. The number of rotatable bonds is 1. The molecule has 0 atom stereocenters. The lowest BCUT2D eigenvalue weighted by atomic mass is 10.1. The highest BCUT2D eigenvalue weighted by Crippen LogP contribution is 2.03. The van der Waals surface area contributed by atoms with Crippen LogP contribution in [-0.2, 0) is 4.79 Å². The van der Waals surface area contributed by atoms with Crippen molar-refractivity contribution in [2.75, 3.05) is 13.6 Å². The van der Waals surface area contributed by atoms with E-state index in [1.54, 1.807) is 24.2 Å². The number of hydrogen-bond donors (Lipinski definition) is 1. The Bertz CT molecular complexity index is 340. The molecule has 0 aromatic carbocycles. The van der Waals surface area contributed by atoms with Crippen molar-refractivity contribution in [2.45, 2.75) is 0 Å². The second-order valence-electron chi connectivity index (χ2n) is 2.91. The van der Waals surface area contributed by atoms with Gasteiger partial charge in [0.05, 0.1) is 6.54 Å². The van der Waals surface area contributed by atoms with Crippen LogP contribution in [0.4, 0.5) is 0 Å². The molecule has 0 amide bonds. The van der Waals surface area contributed by atoms with Crippen LogP contribution in [0.15, 0.2) is 41.6 Å². The minimum atomic E-state index is -1.06. The quantitative estimate of drug-likeness (QED) is 0.675. The van der Waals surface area contributed by atoms with Crippen LogP contribution >= 0.6 is 0 Å². The molecular weight excluding hydrogens is 180 g/mol. The zero-order valence-electron chi connectivity index (χ0n) is 7.97. The number of carbonyl (C=O) groups is 1. The lowest BCUT2D eigenvalue weighted by Crippen LogP contribution is -2.21. The van der Waals surface area contributed by atoms with E-state index in [0.29, 0.717) is 12.1 Å². The topological polar surface area (TPSA) is 52.9 Å². The molecule has 4 heteroatoms. The van der Waals surface area contributed by atoms with Gasteiger partial charge >= 0.3 is 5.97 Å². The summed E-state index contributed by atoms with van der Waals surface area (Å²) < 4.78 is 0. The Hall–Kier alpha value is -1.84. The maximum Gasteiger partial charge on any atom is 0.356 e. The fourth-order valence-corrected chi connectivity index (χ4v) is 0.999. The van der Waals surface area contributed by atoms with Gasteiger partial charge in [-0.05, 0) is 0 Å². The van der Waals surface area contributed by atoms with Crippen LogP contribution in [-0.4, -0.2) is 35.4 Å². The van der Waals surface area contributed by atoms with Crippen LogP contribution in [0.5, 0.6) is 0 Å². The van der Waals surface area contributed by atoms with Gasteiger partial charge in [-0.1, -0.05) is 30.9 Å². The lowest BCUT2D eigenvalue weighted by Gasteiger charge is -2.11. The van der Waals surface area contributed by atoms with Crippen LogP contribution in [0.2, 0.25) is 0 Å². The predicted octanol–water partition coefficient (Wildman–Crippen LogP) is 1.04. The standard InChI is InChI=1S/C10H12N2O2/c1-8-6-4-3-5-7-12(2)11-9(8)10(13)14/h3-6H,1,7H2,2H3,(H,13,14)/b5-3-,6-4-,11-9+. The van der Waals surface area contributed by atoms with Gasteiger partial charge in [0.15, 0.2) is 5.71 Å². The Morgan fingerprint density at radius 1 is 1.64 bits per heavy atom. The molecule has 0 aromatic rings. The van der Waals surface area contributed by atoms with Crippen molar-refractivity contribution >= 4 is 11.7 Å². The zero-order valence-corrected chi connectivity index (χ0v) is 7.97. The average molecular weight is 192 g/mol. The Kier molecular flexibility index (Phi) is 3.23. The highest BCUT2D eigenvalue weighted by molar-refractivity contribution is 6.43. The number of hydrazone groups is 1. The molecule has 14 heavy (non-hydrogen) atoms. The predicted molar refractivity (Wildman–Crippen MR) is 55.1 cm³/mol. The molecule has 0 spiro atoms. The molecule has 1 heterocycles. The van der Waals surface area contributed by atoms with E-state index in [0.717, 1.165) is 0 Å². The molecule has 4 nitrogen and oxygen atoms in total. The number of aliphatic carboxylic acids is 1. The van der Waals surface area contributed by atoms with Crippen molar-refractivity contribution in [3.8, 4) is 0 Å². The summed E-state index contributed by atoms with van der Waals surface area (Å²) in [5.41, 5.74) is 0.378. The van der Waals surface area contributed by atoms with E-state index in [-0.39, 0.29) is 5.71 Å². The van der Waals surface area contributed by atoms with Gasteiger partial charge in [0.1, 0.15) is 0 Å².